The number of esters is 3. The minimum Gasteiger partial charge on any atom is -0.462 e. The van der Waals surface area contributed by atoms with Crippen molar-refractivity contribution < 1.29 is 28.6 Å². The second kappa shape index (κ2) is 52.2. The molecule has 0 aromatic rings. The van der Waals surface area contributed by atoms with Gasteiger partial charge in [-0.15, -0.1) is 0 Å². The van der Waals surface area contributed by atoms with Crippen LogP contribution >= 0.6 is 0 Å². The first kappa shape index (κ1) is 60.6. The molecular weight excluding hydrogens is 793 g/mol. The number of hydrogen-bond acceptors (Lipinski definition) is 6. The molecule has 0 bridgehead atoms. The molecule has 6 nitrogen and oxygen atoms in total. The zero-order chi connectivity index (χ0) is 46.5. The second-order valence-corrected chi connectivity index (χ2v) is 17.5. The van der Waals surface area contributed by atoms with Crippen LogP contribution in [0.2, 0.25) is 0 Å². The van der Waals surface area contributed by atoms with E-state index in [1.54, 1.807) is 0 Å². The zero-order valence-corrected chi connectivity index (χ0v) is 41.8. The van der Waals surface area contributed by atoms with E-state index in [1.807, 2.05) is 36.5 Å². The van der Waals surface area contributed by atoms with Gasteiger partial charge < -0.3 is 14.2 Å². The fourth-order valence-corrected chi connectivity index (χ4v) is 7.20. The maximum absolute atomic E-state index is 12.8. The Hall–Kier alpha value is -3.41. The second-order valence-electron chi connectivity index (χ2n) is 17.5. The van der Waals surface area contributed by atoms with Crippen LogP contribution in [0.15, 0.2) is 85.1 Å². The van der Waals surface area contributed by atoms with Crippen LogP contribution in [-0.4, -0.2) is 37.2 Å². The molecule has 0 aliphatic heterocycles. The van der Waals surface area contributed by atoms with Gasteiger partial charge >= 0.3 is 17.9 Å². The van der Waals surface area contributed by atoms with Crippen LogP contribution < -0.4 is 0 Å². The monoisotopic (exact) mass is 891 g/mol. The Kier molecular flexibility index (Phi) is 49.4. The van der Waals surface area contributed by atoms with Crippen molar-refractivity contribution in [3.63, 3.8) is 0 Å². The van der Waals surface area contributed by atoms with Gasteiger partial charge in [0.1, 0.15) is 13.2 Å². The highest BCUT2D eigenvalue weighted by molar-refractivity contribution is 5.71. The van der Waals surface area contributed by atoms with Crippen LogP contribution in [0.3, 0.4) is 0 Å². The number of rotatable bonds is 47. The molecule has 0 N–H and O–H groups in total. The van der Waals surface area contributed by atoms with Crippen LogP contribution in [0.5, 0.6) is 0 Å². The normalized spacial score (nSPS) is 12.7. The standard InChI is InChI=1S/C58H98O6/c1-4-7-10-13-16-19-22-25-27-28-29-30-31-34-36-39-42-45-48-51-57(60)63-54-55(53-62-56(59)50-47-44-41-38-35-32-24-21-18-15-12-9-6-3)64-58(61)52-49-46-43-40-37-33-26-23-20-17-14-11-8-5-2/h9,12,15-16,18-19,21-22,24-25,32-33,35,37,55H,4-8,10-11,13-14,17,20,23,26-31,34,36,38-54H2,1-3H3/b12-9+,18-15+,19-16+,24-21+,25-22+,35-32+,37-33+. The van der Waals surface area contributed by atoms with Crippen molar-refractivity contribution in [3.8, 4) is 0 Å². The Labute approximate surface area is 395 Å². The largest absolute Gasteiger partial charge is 0.462 e. The summed E-state index contributed by atoms with van der Waals surface area (Å²) in [5, 5.41) is 0. The van der Waals surface area contributed by atoms with Gasteiger partial charge in [-0.1, -0.05) is 221 Å². The smallest absolute Gasteiger partial charge is 0.306 e. The van der Waals surface area contributed by atoms with Crippen molar-refractivity contribution in [3.05, 3.63) is 85.1 Å². The van der Waals surface area contributed by atoms with Crippen LogP contribution in [-0.2, 0) is 28.6 Å². The van der Waals surface area contributed by atoms with E-state index in [4.69, 9.17) is 14.2 Å². The molecule has 0 saturated heterocycles. The average molecular weight is 891 g/mol. The number of allylic oxidation sites excluding steroid dienone is 14. The van der Waals surface area contributed by atoms with E-state index in [0.717, 1.165) is 83.5 Å². The van der Waals surface area contributed by atoms with E-state index < -0.39 is 6.10 Å². The molecule has 0 heterocycles. The Morgan fingerprint density at radius 1 is 0.328 bits per heavy atom. The van der Waals surface area contributed by atoms with Gasteiger partial charge in [-0.3, -0.25) is 14.4 Å². The minimum absolute atomic E-state index is 0.0974. The molecule has 0 rings (SSSR count). The third-order valence-corrected chi connectivity index (χ3v) is 11.2. The molecule has 0 radical (unpaired) electrons. The maximum atomic E-state index is 12.8. The van der Waals surface area contributed by atoms with Crippen molar-refractivity contribution in [2.24, 2.45) is 0 Å². The lowest BCUT2D eigenvalue weighted by Crippen LogP contribution is -2.30. The summed E-state index contributed by atoms with van der Waals surface area (Å²) in [6.45, 7) is 6.42. The molecule has 0 fully saturated rings. The predicted molar refractivity (Wildman–Crippen MR) is 274 cm³/mol. The molecule has 0 amide bonds. The van der Waals surface area contributed by atoms with Crippen molar-refractivity contribution in [2.75, 3.05) is 13.2 Å². The Morgan fingerprint density at radius 2 is 0.625 bits per heavy atom. The Morgan fingerprint density at radius 3 is 1.06 bits per heavy atom. The van der Waals surface area contributed by atoms with Gasteiger partial charge in [0.15, 0.2) is 6.10 Å². The van der Waals surface area contributed by atoms with Crippen molar-refractivity contribution >= 4 is 17.9 Å². The average Bonchev–Trinajstić information content (AvgIpc) is 3.29. The first-order valence-electron chi connectivity index (χ1n) is 26.7. The lowest BCUT2D eigenvalue weighted by atomic mass is 10.1. The molecule has 6 heteroatoms. The third kappa shape index (κ3) is 49.6. The molecular formula is C58H98O6. The van der Waals surface area contributed by atoms with Gasteiger partial charge in [-0.05, 0) is 89.9 Å². The Bertz CT molecular complexity index is 1250. The molecule has 1 unspecified atom stereocenters. The lowest BCUT2D eigenvalue weighted by Gasteiger charge is -2.18. The van der Waals surface area contributed by atoms with E-state index in [0.29, 0.717) is 19.3 Å². The number of ether oxygens (including phenoxy) is 3. The maximum Gasteiger partial charge on any atom is 0.306 e. The van der Waals surface area contributed by atoms with E-state index >= 15 is 0 Å². The Balaban J connectivity index is 4.42. The number of carbonyl (C=O) groups is 3. The molecule has 64 heavy (non-hydrogen) atoms. The van der Waals surface area contributed by atoms with Gasteiger partial charge in [-0.2, -0.15) is 0 Å². The highest BCUT2D eigenvalue weighted by Crippen LogP contribution is 2.14. The number of unbranched alkanes of at least 4 members (excludes halogenated alkanes) is 26. The van der Waals surface area contributed by atoms with E-state index in [9.17, 15) is 14.4 Å². The summed E-state index contributed by atoms with van der Waals surface area (Å²) in [5.41, 5.74) is 0. The van der Waals surface area contributed by atoms with Crippen LogP contribution in [0.25, 0.3) is 0 Å². The highest BCUT2D eigenvalue weighted by Gasteiger charge is 2.19. The van der Waals surface area contributed by atoms with E-state index in [1.165, 1.54) is 122 Å². The summed E-state index contributed by atoms with van der Waals surface area (Å²) in [5.74, 6) is -0.956. The molecule has 366 valence electrons. The number of hydrogen-bond donors (Lipinski definition) is 0. The fourth-order valence-electron chi connectivity index (χ4n) is 7.20. The summed E-state index contributed by atoms with van der Waals surface area (Å²) in [4.78, 5) is 38.0. The molecule has 0 aliphatic rings. The summed E-state index contributed by atoms with van der Waals surface area (Å²) < 4.78 is 16.8. The van der Waals surface area contributed by atoms with Gasteiger partial charge in [0.2, 0.25) is 0 Å². The molecule has 0 spiro atoms. The highest BCUT2D eigenvalue weighted by atomic mass is 16.6. The SMILES string of the molecule is CC/C=C/C=C/C=C/C=C/CCCCCC(=O)OCC(COC(=O)CCCCCCCCCCCC/C=C/C=C/CCCCC)OC(=O)CCCCC/C=C/CCCCCCCCC. The van der Waals surface area contributed by atoms with Gasteiger partial charge in [-0.25, -0.2) is 0 Å². The molecule has 1 atom stereocenters. The predicted octanol–water partition coefficient (Wildman–Crippen LogP) is 17.6. The molecule has 0 saturated carbocycles. The molecule has 0 aromatic carbocycles. The topological polar surface area (TPSA) is 78.9 Å². The van der Waals surface area contributed by atoms with Crippen LogP contribution in [0.4, 0.5) is 0 Å². The molecule has 0 aliphatic carbocycles. The minimum atomic E-state index is -0.801. The summed E-state index contributed by atoms with van der Waals surface area (Å²) in [7, 11) is 0. The zero-order valence-electron chi connectivity index (χ0n) is 41.8. The van der Waals surface area contributed by atoms with Crippen molar-refractivity contribution in [1.82, 2.24) is 0 Å². The quantitative estimate of drug-likeness (QED) is 0.0199. The van der Waals surface area contributed by atoms with E-state index in [2.05, 4.69) is 69.4 Å². The molecule has 0 aromatic heterocycles. The van der Waals surface area contributed by atoms with Gasteiger partial charge in [0, 0.05) is 19.3 Å². The van der Waals surface area contributed by atoms with Crippen LogP contribution in [0, 0.1) is 0 Å². The third-order valence-electron chi connectivity index (χ3n) is 11.2. The van der Waals surface area contributed by atoms with Crippen LogP contribution in [0.1, 0.15) is 245 Å². The van der Waals surface area contributed by atoms with E-state index in [-0.39, 0.29) is 31.1 Å². The van der Waals surface area contributed by atoms with Crippen molar-refractivity contribution in [2.45, 2.75) is 252 Å². The summed E-state index contributed by atoms with van der Waals surface area (Å²) >= 11 is 0. The first-order valence-corrected chi connectivity index (χ1v) is 26.7. The van der Waals surface area contributed by atoms with Crippen molar-refractivity contribution in [1.29, 1.82) is 0 Å². The first-order chi connectivity index (χ1) is 31.5. The summed E-state index contributed by atoms with van der Waals surface area (Å²) in [6, 6.07) is 0. The fraction of sp³-hybridized carbons (Fsp3) is 0.707. The lowest BCUT2D eigenvalue weighted by molar-refractivity contribution is -0.167. The van der Waals surface area contributed by atoms with Gasteiger partial charge in [0.05, 0.1) is 0 Å². The summed E-state index contributed by atoms with van der Waals surface area (Å²) in [6.07, 6.45) is 67.1. The number of carbonyl (C=O) groups excluding carboxylic acids is 3. The van der Waals surface area contributed by atoms with Gasteiger partial charge in [0.25, 0.3) is 0 Å².